The molecule has 52 valence electrons. The van der Waals surface area contributed by atoms with Gasteiger partial charge in [0, 0.05) is 0 Å². The Labute approximate surface area is 56.9 Å². The fourth-order valence-corrected chi connectivity index (χ4v) is 0.151. The maximum Gasteiger partial charge on any atom is 0.354 e. The average Bonchev–Trinajstić information content (AvgIpc) is 1.65. The number of hydrogen-bond donors (Lipinski definition) is 3. The van der Waals surface area contributed by atoms with E-state index >= 15 is 0 Å². The molecule has 0 aliphatic rings. The summed E-state index contributed by atoms with van der Waals surface area (Å²) >= 11 is 3.18. The summed E-state index contributed by atoms with van der Waals surface area (Å²) in [6.07, 6.45) is 0. The molecule has 0 rings (SSSR count). The second kappa shape index (κ2) is 2.36. The summed E-state index contributed by atoms with van der Waals surface area (Å²) in [5.41, 5.74) is 0. The second-order valence-corrected chi connectivity index (χ2v) is 2.18. The van der Waals surface area contributed by atoms with Crippen molar-refractivity contribution >= 4 is 24.4 Å². The molecule has 0 bridgehead atoms. The molecule has 1 atom stereocenters. The van der Waals surface area contributed by atoms with Crippen LogP contribution in [0.15, 0.2) is 0 Å². The van der Waals surface area contributed by atoms with Crippen LogP contribution in [0.25, 0.3) is 0 Å². The molecule has 0 aromatic carbocycles. The number of carbonyl (C=O) groups excluding carboxylic acids is 1. The van der Waals surface area contributed by atoms with Gasteiger partial charge >= 0.3 is 5.97 Å². The van der Waals surface area contributed by atoms with E-state index < -0.39 is 16.7 Å². The molecule has 0 aliphatic heterocycles. The first-order chi connectivity index (χ1) is 3.89. The van der Waals surface area contributed by atoms with Crippen LogP contribution >= 0.6 is 12.6 Å². The molecular weight excluding hydrogens is 144 g/mol. The highest BCUT2D eigenvalue weighted by Crippen LogP contribution is 2.10. The van der Waals surface area contributed by atoms with E-state index in [1.165, 1.54) is 0 Å². The summed E-state index contributed by atoms with van der Waals surface area (Å²) in [6, 6.07) is 0. The lowest BCUT2D eigenvalue weighted by molar-refractivity contribution is -0.154. The molecule has 0 aromatic rings. The number of Topliss-reactive ketones (excluding diaryl/α,β-unsaturated/α-hetero) is 1. The monoisotopic (exact) mass is 150 g/mol. The van der Waals surface area contributed by atoms with Gasteiger partial charge in [-0.15, -0.1) is 12.6 Å². The fourth-order valence-electron chi connectivity index (χ4n) is 0.151. The predicted molar refractivity (Wildman–Crippen MR) is 32.3 cm³/mol. The lowest BCUT2D eigenvalue weighted by Gasteiger charge is -2.10. The van der Waals surface area contributed by atoms with Gasteiger partial charge in [-0.25, -0.2) is 4.79 Å². The Bertz CT molecular complexity index is 135. The zero-order chi connectivity index (χ0) is 7.65. The minimum atomic E-state index is -2.53. The van der Waals surface area contributed by atoms with Crippen LogP contribution in [0.2, 0.25) is 0 Å². The van der Waals surface area contributed by atoms with Crippen molar-refractivity contribution in [3.8, 4) is 0 Å². The summed E-state index contributed by atoms with van der Waals surface area (Å²) in [6.45, 7) is 0.946. The molecule has 0 spiro atoms. The maximum absolute atomic E-state index is 10.2. The molecule has 0 amide bonds. The van der Waals surface area contributed by atoms with Crippen molar-refractivity contribution in [3.05, 3.63) is 0 Å². The van der Waals surface area contributed by atoms with E-state index in [2.05, 4.69) is 12.6 Å². The van der Waals surface area contributed by atoms with Crippen LogP contribution in [0.5, 0.6) is 0 Å². The number of thiol groups is 1. The van der Waals surface area contributed by atoms with Crippen molar-refractivity contribution < 1.29 is 19.8 Å². The van der Waals surface area contributed by atoms with Crippen LogP contribution in [-0.4, -0.2) is 26.9 Å². The molecule has 1 unspecified atom stereocenters. The van der Waals surface area contributed by atoms with Gasteiger partial charge in [0.25, 0.3) is 4.93 Å². The first-order valence-corrected chi connectivity index (χ1v) is 2.53. The summed E-state index contributed by atoms with van der Waals surface area (Å²) < 4.78 is 0. The molecule has 2 N–H and O–H groups in total. The Kier molecular flexibility index (Phi) is 2.22. The van der Waals surface area contributed by atoms with Crippen LogP contribution in [0.4, 0.5) is 0 Å². The van der Waals surface area contributed by atoms with Gasteiger partial charge in [0.15, 0.2) is 5.78 Å². The molecule has 0 fully saturated rings. The van der Waals surface area contributed by atoms with Gasteiger partial charge in [0.2, 0.25) is 0 Å². The smallest absolute Gasteiger partial charge is 0.354 e. The third-order valence-corrected chi connectivity index (χ3v) is 1.30. The number of carboxylic acids is 1. The SMILES string of the molecule is CC(=O)C(O)(S)C(=O)O. The Balaban J connectivity index is 4.38. The minimum Gasteiger partial charge on any atom is -0.478 e. The third-order valence-electron chi connectivity index (χ3n) is 0.789. The lowest BCUT2D eigenvalue weighted by atomic mass is 10.2. The highest BCUT2D eigenvalue weighted by molar-refractivity contribution is 7.83. The van der Waals surface area contributed by atoms with Gasteiger partial charge in [-0.3, -0.25) is 4.79 Å². The summed E-state index contributed by atoms with van der Waals surface area (Å²) in [4.78, 5) is 17.6. The average molecular weight is 150 g/mol. The van der Waals surface area contributed by atoms with Crippen LogP contribution in [0.1, 0.15) is 6.92 Å². The number of aliphatic hydroxyl groups is 1. The first kappa shape index (κ1) is 8.45. The van der Waals surface area contributed by atoms with Gasteiger partial charge in [0.1, 0.15) is 0 Å². The first-order valence-electron chi connectivity index (χ1n) is 2.08. The largest absolute Gasteiger partial charge is 0.478 e. The zero-order valence-corrected chi connectivity index (χ0v) is 5.55. The third kappa shape index (κ3) is 1.69. The highest BCUT2D eigenvalue weighted by atomic mass is 32.1. The topological polar surface area (TPSA) is 74.6 Å². The molecule has 5 heteroatoms. The van der Waals surface area contributed by atoms with Crippen molar-refractivity contribution in [3.63, 3.8) is 0 Å². The fraction of sp³-hybridized carbons (Fsp3) is 0.500. The number of rotatable bonds is 2. The quantitative estimate of drug-likeness (QED) is 0.276. The minimum absolute atomic E-state index is 0.904. The van der Waals surface area contributed by atoms with Gasteiger partial charge in [-0.1, -0.05) is 0 Å². The summed E-state index contributed by atoms with van der Waals surface area (Å²) in [5.74, 6) is -2.56. The molecule has 4 nitrogen and oxygen atoms in total. The Morgan fingerprint density at radius 1 is 1.56 bits per heavy atom. The van der Waals surface area contributed by atoms with Crippen molar-refractivity contribution in [1.82, 2.24) is 0 Å². The van der Waals surface area contributed by atoms with Gasteiger partial charge in [-0.05, 0) is 6.92 Å². The Hall–Kier alpha value is -0.550. The molecule has 0 radical (unpaired) electrons. The summed E-state index contributed by atoms with van der Waals surface area (Å²) in [7, 11) is 0. The number of carboxylic acid groups (broad SMARTS) is 1. The van der Waals surface area contributed by atoms with Crippen molar-refractivity contribution in [2.75, 3.05) is 0 Å². The van der Waals surface area contributed by atoms with Crippen molar-refractivity contribution in [2.45, 2.75) is 11.9 Å². The van der Waals surface area contributed by atoms with Gasteiger partial charge in [-0.2, -0.15) is 0 Å². The number of aliphatic carboxylic acids is 1. The summed E-state index contributed by atoms with van der Waals surface area (Å²) in [5, 5.41) is 16.6. The molecular formula is C4H6O4S. The van der Waals surface area contributed by atoms with E-state index in [9.17, 15) is 9.59 Å². The molecule has 0 saturated heterocycles. The van der Waals surface area contributed by atoms with E-state index in [-0.39, 0.29) is 0 Å². The predicted octanol–water partition coefficient (Wildman–Crippen LogP) is -0.722. The van der Waals surface area contributed by atoms with Crippen LogP contribution < -0.4 is 0 Å². The second-order valence-electron chi connectivity index (χ2n) is 1.53. The highest BCUT2D eigenvalue weighted by Gasteiger charge is 2.36. The molecule has 0 heterocycles. The standard InChI is InChI=1S/C4H6O4S/c1-2(5)4(8,9)3(6)7/h8-9H,1H3,(H,6,7). The zero-order valence-electron chi connectivity index (χ0n) is 4.66. The van der Waals surface area contributed by atoms with Crippen LogP contribution in [0, 0.1) is 0 Å². The normalized spacial score (nSPS) is 16.3. The molecule has 0 aliphatic carbocycles. The molecule has 0 saturated carbocycles. The van der Waals surface area contributed by atoms with Crippen LogP contribution in [0.3, 0.4) is 0 Å². The number of ketones is 1. The Morgan fingerprint density at radius 3 is 1.89 bits per heavy atom. The van der Waals surface area contributed by atoms with E-state index in [4.69, 9.17) is 10.2 Å². The number of hydrogen-bond acceptors (Lipinski definition) is 4. The van der Waals surface area contributed by atoms with E-state index in [1.54, 1.807) is 0 Å². The van der Waals surface area contributed by atoms with E-state index in [1.807, 2.05) is 0 Å². The van der Waals surface area contributed by atoms with E-state index in [0.717, 1.165) is 6.92 Å². The molecule has 9 heavy (non-hydrogen) atoms. The number of carbonyl (C=O) groups is 2. The lowest BCUT2D eigenvalue weighted by Crippen LogP contribution is -2.39. The van der Waals surface area contributed by atoms with Gasteiger partial charge in [0.05, 0.1) is 0 Å². The van der Waals surface area contributed by atoms with Crippen molar-refractivity contribution in [2.24, 2.45) is 0 Å². The van der Waals surface area contributed by atoms with Gasteiger partial charge < -0.3 is 10.2 Å². The maximum atomic E-state index is 10.2. The van der Waals surface area contributed by atoms with Crippen molar-refractivity contribution in [1.29, 1.82) is 0 Å². The molecule has 0 aromatic heterocycles. The van der Waals surface area contributed by atoms with Crippen LogP contribution in [-0.2, 0) is 9.59 Å². The van der Waals surface area contributed by atoms with E-state index in [0.29, 0.717) is 0 Å². The Morgan fingerprint density at radius 2 is 1.89 bits per heavy atom.